The van der Waals surface area contributed by atoms with Crippen molar-refractivity contribution in [2.45, 2.75) is 13.5 Å². The number of nitrogens with zero attached hydrogens (tertiary/aromatic N) is 3. The lowest BCUT2D eigenvalue weighted by Crippen LogP contribution is -2.46. The Morgan fingerprint density at radius 3 is 2.55 bits per heavy atom. The number of aromatic amines is 1. The topological polar surface area (TPSA) is 69.3 Å². The number of carbonyl (C=O) groups is 1. The van der Waals surface area contributed by atoms with Crippen LogP contribution in [0, 0.1) is 5.82 Å². The molecule has 1 aliphatic rings. The molecule has 3 heterocycles. The number of aromatic nitrogens is 2. The number of benzene rings is 2. The van der Waals surface area contributed by atoms with Crippen molar-refractivity contribution in [2.75, 3.05) is 31.1 Å². The molecule has 0 atom stereocenters. The van der Waals surface area contributed by atoms with Gasteiger partial charge in [0.2, 0.25) is 0 Å². The molecular weight excluding hydrogens is 439 g/mol. The molecule has 1 N–H and O–H groups in total. The fraction of sp³-hybridized carbons (Fsp3) is 0.240. The van der Waals surface area contributed by atoms with Crippen molar-refractivity contribution >= 4 is 33.0 Å². The Morgan fingerprint density at radius 2 is 1.85 bits per heavy atom. The maximum Gasteiger partial charge on any atom is 0.259 e. The van der Waals surface area contributed by atoms with Gasteiger partial charge in [-0.2, -0.15) is 0 Å². The molecule has 0 bridgehead atoms. The van der Waals surface area contributed by atoms with E-state index >= 15 is 0 Å². The molecule has 1 aliphatic heterocycles. The number of halogens is 1. The minimum Gasteiger partial charge on any atom is -0.367 e. The first-order valence-electron chi connectivity index (χ1n) is 10.8. The Hall–Kier alpha value is -3.36. The number of anilines is 1. The van der Waals surface area contributed by atoms with Crippen molar-refractivity contribution in [2.24, 2.45) is 0 Å². The van der Waals surface area contributed by atoms with Crippen LogP contribution in [-0.4, -0.2) is 46.8 Å². The summed E-state index contributed by atoms with van der Waals surface area (Å²) in [7, 11) is 0. The van der Waals surface area contributed by atoms with E-state index in [0.29, 0.717) is 42.1 Å². The van der Waals surface area contributed by atoms with Gasteiger partial charge in [-0.3, -0.25) is 14.5 Å². The van der Waals surface area contributed by atoms with Crippen LogP contribution in [0.3, 0.4) is 0 Å². The van der Waals surface area contributed by atoms with Gasteiger partial charge in [-0.25, -0.2) is 9.37 Å². The number of hydrogen-bond acceptors (Lipinski definition) is 6. The molecule has 168 valence electrons. The number of ketones is 1. The monoisotopic (exact) mass is 462 g/mol. The van der Waals surface area contributed by atoms with Gasteiger partial charge >= 0.3 is 0 Å². The Kier molecular flexibility index (Phi) is 5.78. The summed E-state index contributed by atoms with van der Waals surface area (Å²) in [6, 6.07) is 16.5. The summed E-state index contributed by atoms with van der Waals surface area (Å²) < 4.78 is 14.5. The minimum atomic E-state index is -0.375. The number of nitrogens with one attached hydrogen (secondary N) is 1. The number of hydrogen-bond donors (Lipinski definition) is 1. The summed E-state index contributed by atoms with van der Waals surface area (Å²) >= 11 is 1.52. The average molecular weight is 463 g/mol. The molecule has 2 aromatic carbocycles. The highest BCUT2D eigenvalue weighted by Gasteiger charge is 2.21. The predicted molar refractivity (Wildman–Crippen MR) is 130 cm³/mol. The number of piperazine rings is 1. The van der Waals surface area contributed by atoms with Crippen molar-refractivity contribution in [1.82, 2.24) is 14.9 Å². The fourth-order valence-corrected chi connectivity index (χ4v) is 5.19. The first-order valence-corrected chi connectivity index (χ1v) is 11.7. The average Bonchev–Trinajstić information content (AvgIpc) is 3.25. The molecule has 0 aliphatic carbocycles. The van der Waals surface area contributed by atoms with E-state index in [0.717, 1.165) is 28.4 Å². The molecule has 6 nitrogen and oxygen atoms in total. The smallest absolute Gasteiger partial charge is 0.259 e. The first kappa shape index (κ1) is 21.5. The quantitative estimate of drug-likeness (QED) is 0.448. The third-order valence-electron chi connectivity index (χ3n) is 5.95. The first-order chi connectivity index (χ1) is 16.0. The molecule has 0 radical (unpaired) electrons. The van der Waals surface area contributed by atoms with E-state index in [4.69, 9.17) is 4.98 Å². The summed E-state index contributed by atoms with van der Waals surface area (Å²) in [6.07, 6.45) is 0. The molecule has 33 heavy (non-hydrogen) atoms. The van der Waals surface area contributed by atoms with E-state index in [2.05, 4.69) is 9.88 Å². The molecule has 2 aromatic heterocycles. The lowest BCUT2D eigenvalue weighted by Gasteiger charge is -2.36. The third-order valence-corrected chi connectivity index (χ3v) is 7.03. The second-order valence-electron chi connectivity index (χ2n) is 8.19. The van der Waals surface area contributed by atoms with Gasteiger partial charge in [-0.1, -0.05) is 30.3 Å². The van der Waals surface area contributed by atoms with Crippen LogP contribution in [0.25, 0.3) is 20.7 Å². The summed E-state index contributed by atoms with van der Waals surface area (Å²) in [5, 5.41) is 0.608. The largest absolute Gasteiger partial charge is 0.367 e. The zero-order chi connectivity index (χ0) is 22.9. The lowest BCUT2D eigenvalue weighted by molar-refractivity contribution is 0.101. The molecule has 4 aromatic rings. The van der Waals surface area contributed by atoms with Crippen molar-refractivity contribution < 1.29 is 9.18 Å². The Bertz CT molecular complexity index is 1370. The van der Waals surface area contributed by atoms with Gasteiger partial charge in [0, 0.05) is 36.6 Å². The lowest BCUT2D eigenvalue weighted by atomic mass is 10.1. The standard InChI is InChI=1S/C25H23FN4O2S/c1-16(31)18-7-8-21(20(26)13-18)30-11-9-29(10-12-30)15-23-27-24(32)19-14-22(33-25(19)28-23)17-5-3-2-4-6-17/h2-8,13-14H,9-12,15H2,1H3,(H,27,28,32). The van der Waals surface area contributed by atoms with Crippen molar-refractivity contribution in [3.8, 4) is 10.4 Å². The molecule has 1 saturated heterocycles. The van der Waals surface area contributed by atoms with Gasteiger partial charge in [0.1, 0.15) is 16.5 Å². The zero-order valence-electron chi connectivity index (χ0n) is 18.2. The maximum atomic E-state index is 14.5. The molecule has 0 saturated carbocycles. The van der Waals surface area contributed by atoms with E-state index in [-0.39, 0.29) is 17.2 Å². The number of thiophene rings is 1. The Balaban J connectivity index is 1.28. The van der Waals surface area contributed by atoms with Crippen LogP contribution < -0.4 is 10.5 Å². The van der Waals surface area contributed by atoms with Crippen LogP contribution in [-0.2, 0) is 6.54 Å². The minimum absolute atomic E-state index is 0.125. The van der Waals surface area contributed by atoms with E-state index in [1.807, 2.05) is 41.3 Å². The number of Topliss-reactive ketones (excluding diaryl/α,β-unsaturated/α-hetero) is 1. The van der Waals surface area contributed by atoms with E-state index in [1.165, 1.54) is 24.3 Å². The highest BCUT2D eigenvalue weighted by atomic mass is 32.1. The van der Waals surface area contributed by atoms with Crippen molar-refractivity contribution in [3.05, 3.63) is 82.2 Å². The number of rotatable bonds is 5. The van der Waals surface area contributed by atoms with Crippen LogP contribution in [0.5, 0.6) is 0 Å². The second kappa shape index (κ2) is 8.88. The van der Waals surface area contributed by atoms with Crippen LogP contribution in [0.4, 0.5) is 10.1 Å². The zero-order valence-corrected chi connectivity index (χ0v) is 19.0. The van der Waals surface area contributed by atoms with Crippen molar-refractivity contribution in [3.63, 3.8) is 0 Å². The van der Waals surface area contributed by atoms with Gasteiger partial charge in [-0.15, -0.1) is 11.3 Å². The van der Waals surface area contributed by atoms with Gasteiger partial charge in [0.05, 0.1) is 17.6 Å². The third kappa shape index (κ3) is 4.44. The molecule has 0 unspecified atom stereocenters. The van der Waals surface area contributed by atoms with Gasteiger partial charge in [0.15, 0.2) is 5.78 Å². The molecule has 5 rings (SSSR count). The molecule has 8 heteroatoms. The summed E-state index contributed by atoms with van der Waals surface area (Å²) in [5.74, 6) is 0.115. The van der Waals surface area contributed by atoms with Crippen LogP contribution >= 0.6 is 11.3 Å². The fourth-order valence-electron chi connectivity index (χ4n) is 4.14. The van der Waals surface area contributed by atoms with Crippen molar-refractivity contribution in [1.29, 1.82) is 0 Å². The van der Waals surface area contributed by atoms with E-state index in [1.54, 1.807) is 12.1 Å². The molecule has 0 spiro atoms. The number of fused-ring (bicyclic) bond motifs is 1. The Morgan fingerprint density at radius 1 is 1.09 bits per heavy atom. The predicted octanol–water partition coefficient (Wildman–Crippen LogP) is 4.32. The van der Waals surface area contributed by atoms with Crippen LogP contribution in [0.15, 0.2) is 59.4 Å². The molecule has 1 fully saturated rings. The number of carbonyl (C=O) groups excluding carboxylic acids is 1. The summed E-state index contributed by atoms with van der Waals surface area (Å²) in [6.45, 7) is 4.70. The second-order valence-corrected chi connectivity index (χ2v) is 9.22. The summed E-state index contributed by atoms with van der Waals surface area (Å²) in [5.41, 5.74) is 1.84. The van der Waals surface area contributed by atoms with Crippen LogP contribution in [0.1, 0.15) is 23.1 Å². The maximum absolute atomic E-state index is 14.5. The highest BCUT2D eigenvalue weighted by molar-refractivity contribution is 7.21. The normalized spacial score (nSPS) is 14.7. The highest BCUT2D eigenvalue weighted by Crippen LogP contribution is 2.31. The SMILES string of the molecule is CC(=O)c1ccc(N2CCN(Cc3nc4sc(-c5ccccc5)cc4c(=O)[nH]3)CC2)c(F)c1. The van der Waals surface area contributed by atoms with Gasteiger partial charge in [0.25, 0.3) is 5.56 Å². The summed E-state index contributed by atoms with van der Waals surface area (Å²) in [4.78, 5) is 37.7. The van der Waals surface area contributed by atoms with Gasteiger partial charge < -0.3 is 9.88 Å². The van der Waals surface area contributed by atoms with E-state index in [9.17, 15) is 14.0 Å². The molecule has 0 amide bonds. The van der Waals surface area contributed by atoms with Crippen LogP contribution in [0.2, 0.25) is 0 Å². The molecular formula is C25H23FN4O2S. The Labute approximate surface area is 194 Å². The van der Waals surface area contributed by atoms with E-state index < -0.39 is 0 Å². The van der Waals surface area contributed by atoms with Gasteiger partial charge in [-0.05, 0) is 36.8 Å². The number of H-pyrrole nitrogens is 1.